The molecule has 0 bridgehead atoms. The maximum atomic E-state index is 4.96. The molecule has 16 heavy (non-hydrogen) atoms. The van der Waals surface area contributed by atoms with Gasteiger partial charge in [0.2, 0.25) is 0 Å². The molecule has 0 aliphatic rings. The van der Waals surface area contributed by atoms with Gasteiger partial charge in [0.05, 0.1) is 0 Å². The van der Waals surface area contributed by atoms with E-state index in [1.807, 2.05) is 18.2 Å². The zero-order chi connectivity index (χ0) is 12.4. The van der Waals surface area contributed by atoms with Crippen molar-refractivity contribution in [3.8, 4) is 0 Å². The molecule has 0 saturated heterocycles. The van der Waals surface area contributed by atoms with Gasteiger partial charge in [0.25, 0.3) is 0 Å². The second-order valence-electron chi connectivity index (χ2n) is 3.07. The summed E-state index contributed by atoms with van der Waals surface area (Å²) in [5.74, 6) is 0. The standard InChI is InChI=1S/C7H8.C5H12O3Si/c1-7-5-3-2-4-6-7;1-5-9(6-2,7-3)8-4/h2-6H,1H3;5H,1H2,2-4H3. The fourth-order valence-corrected chi connectivity index (χ4v) is 2.03. The molecule has 0 amide bonds. The third kappa shape index (κ3) is 5.23. The maximum Gasteiger partial charge on any atom is 0.528 e. The highest BCUT2D eigenvalue weighted by Crippen LogP contribution is 2.04. The summed E-state index contributed by atoms with van der Waals surface area (Å²) in [5.41, 5.74) is 2.90. The fourth-order valence-electron chi connectivity index (χ4n) is 1.03. The molecule has 4 heteroatoms. The zero-order valence-corrected chi connectivity index (χ0v) is 11.4. The van der Waals surface area contributed by atoms with Crippen molar-refractivity contribution in [2.75, 3.05) is 21.3 Å². The molecule has 0 heterocycles. The van der Waals surface area contributed by atoms with E-state index in [0.29, 0.717) is 0 Å². The van der Waals surface area contributed by atoms with Crippen molar-refractivity contribution in [3.63, 3.8) is 0 Å². The molecule has 0 aliphatic carbocycles. The Labute approximate surface area is 99.0 Å². The van der Waals surface area contributed by atoms with Crippen LogP contribution in [-0.4, -0.2) is 30.1 Å². The Balaban J connectivity index is 0.000000288. The van der Waals surface area contributed by atoms with Crippen LogP contribution in [0.25, 0.3) is 0 Å². The van der Waals surface area contributed by atoms with Crippen molar-refractivity contribution in [3.05, 3.63) is 48.2 Å². The molecule has 0 spiro atoms. The van der Waals surface area contributed by atoms with Crippen LogP contribution < -0.4 is 0 Å². The van der Waals surface area contributed by atoms with E-state index in [2.05, 4.69) is 25.6 Å². The smallest absolute Gasteiger partial charge is 0.374 e. The fraction of sp³-hybridized carbons (Fsp3) is 0.333. The van der Waals surface area contributed by atoms with Gasteiger partial charge in [-0.3, -0.25) is 0 Å². The second kappa shape index (κ2) is 8.24. The van der Waals surface area contributed by atoms with Gasteiger partial charge in [0.1, 0.15) is 0 Å². The Morgan fingerprint density at radius 3 is 1.56 bits per heavy atom. The summed E-state index contributed by atoms with van der Waals surface area (Å²) in [6.07, 6.45) is 0. The van der Waals surface area contributed by atoms with Crippen LogP contribution in [0.2, 0.25) is 0 Å². The number of benzene rings is 1. The Bertz CT molecular complexity index is 275. The molecule has 1 aromatic rings. The van der Waals surface area contributed by atoms with Gasteiger partial charge in [-0.25, -0.2) is 0 Å². The van der Waals surface area contributed by atoms with Crippen LogP contribution in [0.1, 0.15) is 5.56 Å². The van der Waals surface area contributed by atoms with E-state index in [-0.39, 0.29) is 0 Å². The average molecular weight is 240 g/mol. The predicted octanol–water partition coefficient (Wildman–Crippen LogP) is 2.58. The van der Waals surface area contributed by atoms with E-state index in [1.54, 1.807) is 27.0 Å². The molecule has 0 aromatic heterocycles. The van der Waals surface area contributed by atoms with E-state index < -0.39 is 8.80 Å². The minimum absolute atomic E-state index is 1.32. The van der Waals surface area contributed by atoms with Gasteiger partial charge in [0.15, 0.2) is 0 Å². The summed E-state index contributed by atoms with van der Waals surface area (Å²) in [6.45, 7) is 5.62. The molecule has 1 aromatic carbocycles. The molecule has 3 nitrogen and oxygen atoms in total. The van der Waals surface area contributed by atoms with E-state index >= 15 is 0 Å². The van der Waals surface area contributed by atoms with Gasteiger partial charge < -0.3 is 13.3 Å². The topological polar surface area (TPSA) is 27.7 Å². The normalized spacial score (nSPS) is 10.2. The molecule has 0 unspecified atom stereocenters. The molecule has 1 rings (SSSR count). The maximum absolute atomic E-state index is 4.96. The lowest BCUT2D eigenvalue weighted by molar-refractivity contribution is 0.138. The SMILES string of the molecule is C=C[Si](OC)(OC)OC.Cc1ccccc1. The van der Waals surface area contributed by atoms with E-state index in [0.717, 1.165) is 0 Å². The molecule has 0 radical (unpaired) electrons. The summed E-state index contributed by atoms with van der Waals surface area (Å²) in [6, 6.07) is 10.3. The Kier molecular flexibility index (Phi) is 7.75. The quantitative estimate of drug-likeness (QED) is 0.757. The highest BCUT2D eigenvalue weighted by Gasteiger charge is 2.33. The molecule has 0 N–H and O–H groups in total. The first-order valence-electron chi connectivity index (χ1n) is 4.94. The Morgan fingerprint density at radius 1 is 1.00 bits per heavy atom. The minimum atomic E-state index is -2.43. The summed E-state index contributed by atoms with van der Waals surface area (Å²) < 4.78 is 14.9. The van der Waals surface area contributed by atoms with Crippen LogP contribution in [-0.2, 0) is 13.3 Å². The van der Waals surface area contributed by atoms with Gasteiger partial charge >= 0.3 is 8.80 Å². The number of hydrogen-bond donors (Lipinski definition) is 0. The average Bonchev–Trinajstić information content (AvgIpc) is 2.35. The minimum Gasteiger partial charge on any atom is -0.374 e. The van der Waals surface area contributed by atoms with E-state index in [1.165, 1.54) is 5.56 Å². The first-order valence-corrected chi connectivity index (χ1v) is 6.75. The summed E-state index contributed by atoms with van der Waals surface area (Å²) in [4.78, 5) is 0. The van der Waals surface area contributed by atoms with Gasteiger partial charge in [-0.15, -0.1) is 0 Å². The van der Waals surface area contributed by atoms with Crippen molar-refractivity contribution >= 4 is 8.80 Å². The third-order valence-electron chi connectivity index (χ3n) is 2.04. The highest BCUT2D eigenvalue weighted by atomic mass is 28.4. The molecular weight excluding hydrogens is 220 g/mol. The molecule has 0 saturated carbocycles. The highest BCUT2D eigenvalue weighted by molar-refractivity contribution is 6.66. The van der Waals surface area contributed by atoms with Crippen LogP contribution in [0.15, 0.2) is 42.6 Å². The molecular formula is C12H20O3Si. The predicted molar refractivity (Wildman–Crippen MR) is 68.2 cm³/mol. The third-order valence-corrected chi connectivity index (χ3v) is 4.25. The van der Waals surface area contributed by atoms with Crippen LogP contribution in [0.5, 0.6) is 0 Å². The first kappa shape index (κ1) is 15.1. The molecule has 0 atom stereocenters. The molecule has 0 fully saturated rings. The largest absolute Gasteiger partial charge is 0.528 e. The van der Waals surface area contributed by atoms with Crippen molar-refractivity contribution < 1.29 is 13.3 Å². The summed E-state index contributed by atoms with van der Waals surface area (Å²) >= 11 is 0. The van der Waals surface area contributed by atoms with E-state index in [4.69, 9.17) is 13.3 Å². The lowest BCUT2D eigenvalue weighted by Crippen LogP contribution is -2.40. The monoisotopic (exact) mass is 240 g/mol. The van der Waals surface area contributed by atoms with Crippen molar-refractivity contribution in [1.29, 1.82) is 0 Å². The number of rotatable bonds is 4. The van der Waals surface area contributed by atoms with Crippen LogP contribution in [0, 0.1) is 6.92 Å². The zero-order valence-electron chi connectivity index (χ0n) is 10.4. The second-order valence-corrected chi connectivity index (χ2v) is 5.91. The first-order chi connectivity index (χ1) is 7.64. The lowest BCUT2D eigenvalue weighted by atomic mass is 10.2. The van der Waals surface area contributed by atoms with Crippen LogP contribution >= 0.6 is 0 Å². The van der Waals surface area contributed by atoms with E-state index in [9.17, 15) is 0 Å². The van der Waals surface area contributed by atoms with Gasteiger partial charge in [0, 0.05) is 21.3 Å². The van der Waals surface area contributed by atoms with Crippen LogP contribution in [0.4, 0.5) is 0 Å². The Morgan fingerprint density at radius 2 is 1.44 bits per heavy atom. The lowest BCUT2D eigenvalue weighted by Gasteiger charge is -2.19. The summed E-state index contributed by atoms with van der Waals surface area (Å²) in [5, 5.41) is 0. The molecule has 90 valence electrons. The van der Waals surface area contributed by atoms with Gasteiger partial charge in [-0.05, 0) is 12.6 Å². The van der Waals surface area contributed by atoms with Crippen LogP contribution in [0.3, 0.4) is 0 Å². The number of aryl methyl sites for hydroxylation is 1. The number of hydrogen-bond acceptors (Lipinski definition) is 3. The summed E-state index contributed by atoms with van der Waals surface area (Å²) in [7, 11) is 2.20. The van der Waals surface area contributed by atoms with Gasteiger partial charge in [-0.2, -0.15) is 0 Å². The van der Waals surface area contributed by atoms with Gasteiger partial charge in [-0.1, -0.05) is 42.5 Å². The van der Waals surface area contributed by atoms with Crippen molar-refractivity contribution in [1.82, 2.24) is 0 Å². The van der Waals surface area contributed by atoms with Crippen molar-refractivity contribution in [2.24, 2.45) is 0 Å². The Hall–Kier alpha value is -0.943. The van der Waals surface area contributed by atoms with Crippen molar-refractivity contribution in [2.45, 2.75) is 6.92 Å². The molecule has 0 aliphatic heterocycles.